The van der Waals surface area contributed by atoms with Gasteiger partial charge in [0, 0.05) is 5.69 Å². The topological polar surface area (TPSA) is 38.3 Å². The first-order chi connectivity index (χ1) is 12.1. The highest BCUT2D eigenvalue weighted by atomic mass is 35.5. The van der Waals surface area contributed by atoms with Crippen molar-refractivity contribution < 1.29 is 13.9 Å². The van der Waals surface area contributed by atoms with E-state index in [1.165, 1.54) is 24.3 Å². The van der Waals surface area contributed by atoms with Gasteiger partial charge in [-0.2, -0.15) is 0 Å². The molecule has 25 heavy (non-hydrogen) atoms. The maximum absolute atomic E-state index is 12.8. The number of carbonyl (C=O) groups is 1. The van der Waals surface area contributed by atoms with Crippen molar-refractivity contribution in [1.29, 1.82) is 0 Å². The van der Waals surface area contributed by atoms with Crippen LogP contribution in [0.2, 0.25) is 5.02 Å². The van der Waals surface area contributed by atoms with Crippen LogP contribution in [0.15, 0.2) is 72.8 Å². The lowest BCUT2D eigenvalue weighted by Crippen LogP contribution is -2.20. The zero-order valence-corrected chi connectivity index (χ0v) is 14.0. The predicted molar refractivity (Wildman–Crippen MR) is 97.4 cm³/mol. The molecule has 0 aliphatic carbocycles. The number of benzene rings is 3. The van der Waals surface area contributed by atoms with Crippen molar-refractivity contribution in [2.75, 3.05) is 11.9 Å². The molecule has 0 saturated carbocycles. The Bertz CT molecular complexity index is 867. The molecular formula is C20H15ClFNO2. The quantitative estimate of drug-likeness (QED) is 0.686. The number of rotatable bonds is 5. The van der Waals surface area contributed by atoms with Gasteiger partial charge in [-0.1, -0.05) is 48.0 Å². The van der Waals surface area contributed by atoms with Crippen LogP contribution in [0.5, 0.6) is 5.75 Å². The molecule has 0 unspecified atom stereocenters. The van der Waals surface area contributed by atoms with Crippen molar-refractivity contribution in [3.05, 3.63) is 83.6 Å². The molecule has 126 valence electrons. The zero-order valence-electron chi connectivity index (χ0n) is 13.2. The third-order valence-electron chi connectivity index (χ3n) is 3.53. The first kappa shape index (κ1) is 17.0. The second-order valence-electron chi connectivity index (χ2n) is 5.35. The van der Waals surface area contributed by atoms with Crippen LogP contribution < -0.4 is 10.1 Å². The summed E-state index contributed by atoms with van der Waals surface area (Å²) in [7, 11) is 0. The van der Waals surface area contributed by atoms with Crippen LogP contribution in [-0.2, 0) is 4.79 Å². The normalized spacial score (nSPS) is 10.3. The van der Waals surface area contributed by atoms with Gasteiger partial charge >= 0.3 is 0 Å². The molecular weight excluding hydrogens is 341 g/mol. The van der Waals surface area contributed by atoms with Gasteiger partial charge in [0.1, 0.15) is 11.6 Å². The molecule has 3 nitrogen and oxygen atoms in total. The molecule has 3 rings (SSSR count). The van der Waals surface area contributed by atoms with Gasteiger partial charge in [0.25, 0.3) is 5.91 Å². The smallest absolute Gasteiger partial charge is 0.262 e. The summed E-state index contributed by atoms with van der Waals surface area (Å²) in [5.41, 5.74) is 2.51. The summed E-state index contributed by atoms with van der Waals surface area (Å²) in [5.74, 6) is -0.287. The van der Waals surface area contributed by atoms with Crippen molar-refractivity contribution in [2.45, 2.75) is 0 Å². The van der Waals surface area contributed by atoms with Gasteiger partial charge in [0.05, 0.1) is 5.02 Å². The second-order valence-corrected chi connectivity index (χ2v) is 5.76. The molecule has 0 saturated heterocycles. The minimum Gasteiger partial charge on any atom is -0.482 e. The maximum atomic E-state index is 12.8. The van der Waals surface area contributed by atoms with Crippen LogP contribution in [0.1, 0.15) is 0 Å². The Balaban J connectivity index is 1.61. The van der Waals surface area contributed by atoms with Gasteiger partial charge in [-0.25, -0.2) is 4.39 Å². The molecule has 0 spiro atoms. The fraction of sp³-hybridized carbons (Fsp3) is 0.0500. The lowest BCUT2D eigenvalue weighted by atomic mass is 10.1. The van der Waals surface area contributed by atoms with Crippen molar-refractivity contribution in [2.24, 2.45) is 0 Å². The van der Waals surface area contributed by atoms with Gasteiger partial charge in [-0.05, 0) is 47.5 Å². The summed E-state index contributed by atoms with van der Waals surface area (Å²) < 4.78 is 18.3. The number of hydrogen-bond acceptors (Lipinski definition) is 2. The van der Waals surface area contributed by atoms with E-state index in [2.05, 4.69) is 5.32 Å². The number of nitrogens with one attached hydrogen (secondary N) is 1. The number of carbonyl (C=O) groups excluding carboxylic acids is 1. The van der Waals surface area contributed by atoms with Crippen LogP contribution in [0, 0.1) is 5.82 Å². The number of halogens is 2. The van der Waals surface area contributed by atoms with E-state index in [0.29, 0.717) is 16.5 Å². The minimum atomic E-state index is -0.362. The van der Waals surface area contributed by atoms with E-state index in [9.17, 15) is 9.18 Å². The molecule has 3 aromatic rings. The summed E-state index contributed by atoms with van der Waals surface area (Å²) >= 11 is 6.24. The summed E-state index contributed by atoms with van der Waals surface area (Å²) in [4.78, 5) is 11.9. The van der Waals surface area contributed by atoms with Gasteiger partial charge < -0.3 is 10.1 Å². The van der Waals surface area contributed by atoms with Crippen LogP contribution in [0.25, 0.3) is 11.1 Å². The Morgan fingerprint density at radius 2 is 1.68 bits per heavy atom. The number of hydrogen-bond donors (Lipinski definition) is 1. The number of ether oxygens (including phenoxy) is 1. The van der Waals surface area contributed by atoms with Crippen molar-refractivity contribution in [1.82, 2.24) is 0 Å². The third kappa shape index (κ3) is 4.58. The SMILES string of the molecule is O=C(COc1ccc(-c2ccccc2)cc1Cl)Nc1ccc(F)cc1. The Kier molecular flexibility index (Phi) is 5.31. The molecule has 0 atom stereocenters. The Morgan fingerprint density at radius 1 is 0.960 bits per heavy atom. The molecule has 0 aromatic heterocycles. The van der Waals surface area contributed by atoms with Crippen LogP contribution in [-0.4, -0.2) is 12.5 Å². The highest BCUT2D eigenvalue weighted by molar-refractivity contribution is 6.32. The van der Waals surface area contributed by atoms with E-state index in [4.69, 9.17) is 16.3 Å². The van der Waals surface area contributed by atoms with E-state index < -0.39 is 0 Å². The summed E-state index contributed by atoms with van der Waals surface area (Å²) in [5, 5.41) is 3.05. The molecule has 3 aromatic carbocycles. The molecule has 1 amide bonds. The second kappa shape index (κ2) is 7.81. The zero-order chi connectivity index (χ0) is 17.6. The molecule has 1 N–H and O–H groups in total. The van der Waals surface area contributed by atoms with Gasteiger partial charge in [-0.3, -0.25) is 4.79 Å². The van der Waals surface area contributed by atoms with E-state index in [-0.39, 0.29) is 18.3 Å². The van der Waals surface area contributed by atoms with Gasteiger partial charge in [0.2, 0.25) is 0 Å². The summed E-state index contributed by atoms with van der Waals surface area (Å²) in [6.45, 7) is -0.193. The molecule has 0 aliphatic heterocycles. The molecule has 0 heterocycles. The monoisotopic (exact) mass is 355 g/mol. The minimum absolute atomic E-state index is 0.193. The lowest BCUT2D eigenvalue weighted by Gasteiger charge is -2.10. The van der Waals surface area contributed by atoms with Gasteiger partial charge in [0.15, 0.2) is 6.61 Å². The summed E-state index contributed by atoms with van der Waals surface area (Å²) in [6, 6.07) is 20.7. The number of anilines is 1. The van der Waals surface area contributed by atoms with Crippen LogP contribution in [0.4, 0.5) is 10.1 Å². The maximum Gasteiger partial charge on any atom is 0.262 e. The summed E-state index contributed by atoms with van der Waals surface area (Å²) in [6.07, 6.45) is 0. The highest BCUT2D eigenvalue weighted by Gasteiger charge is 2.08. The first-order valence-corrected chi connectivity index (χ1v) is 8.03. The average Bonchev–Trinajstić information content (AvgIpc) is 2.63. The van der Waals surface area contributed by atoms with E-state index in [0.717, 1.165) is 11.1 Å². The van der Waals surface area contributed by atoms with E-state index >= 15 is 0 Å². The van der Waals surface area contributed by atoms with E-state index in [1.54, 1.807) is 12.1 Å². The Morgan fingerprint density at radius 3 is 2.36 bits per heavy atom. The molecule has 0 fully saturated rings. The average molecular weight is 356 g/mol. The van der Waals surface area contributed by atoms with Crippen molar-refractivity contribution in [3.8, 4) is 16.9 Å². The van der Waals surface area contributed by atoms with E-state index in [1.807, 2.05) is 36.4 Å². The molecule has 0 bridgehead atoms. The van der Waals surface area contributed by atoms with Crippen LogP contribution in [0.3, 0.4) is 0 Å². The standard InChI is InChI=1S/C20H15ClFNO2/c21-18-12-15(14-4-2-1-3-5-14)6-11-19(18)25-13-20(24)23-17-9-7-16(22)8-10-17/h1-12H,13H2,(H,23,24). The Labute approximate surface area is 150 Å². The fourth-order valence-electron chi connectivity index (χ4n) is 2.30. The van der Waals surface area contributed by atoms with Gasteiger partial charge in [-0.15, -0.1) is 0 Å². The largest absolute Gasteiger partial charge is 0.482 e. The van der Waals surface area contributed by atoms with Crippen molar-refractivity contribution in [3.63, 3.8) is 0 Å². The highest BCUT2D eigenvalue weighted by Crippen LogP contribution is 2.30. The molecule has 0 aliphatic rings. The fourth-order valence-corrected chi connectivity index (χ4v) is 2.54. The molecule has 0 radical (unpaired) electrons. The first-order valence-electron chi connectivity index (χ1n) is 7.65. The third-order valence-corrected chi connectivity index (χ3v) is 3.82. The molecule has 5 heteroatoms. The lowest BCUT2D eigenvalue weighted by molar-refractivity contribution is -0.118. The van der Waals surface area contributed by atoms with Crippen molar-refractivity contribution >= 4 is 23.2 Å². The predicted octanol–water partition coefficient (Wildman–Crippen LogP) is 5.16. The van der Waals surface area contributed by atoms with Crippen LogP contribution >= 0.6 is 11.6 Å². The number of amides is 1. The Hall–Kier alpha value is -2.85.